The molecule has 0 spiro atoms. The van der Waals surface area contributed by atoms with Crippen molar-refractivity contribution in [3.8, 4) is 0 Å². The van der Waals surface area contributed by atoms with Gasteiger partial charge in [-0.05, 0) is 17.7 Å². The number of H-pyrrole nitrogens is 1. The number of benzene rings is 1. The normalized spacial score (nSPS) is 10.9. The number of rotatable bonds is 4. The van der Waals surface area contributed by atoms with Gasteiger partial charge in [-0.3, -0.25) is 19.7 Å². The van der Waals surface area contributed by atoms with E-state index >= 15 is 0 Å². The molecule has 21 heavy (non-hydrogen) atoms. The molecule has 1 aromatic heterocycles. The van der Waals surface area contributed by atoms with Gasteiger partial charge in [-0.25, -0.2) is 0 Å². The fourth-order valence-electron chi connectivity index (χ4n) is 1.86. The van der Waals surface area contributed by atoms with Crippen molar-refractivity contribution in [2.45, 2.75) is 6.92 Å². The van der Waals surface area contributed by atoms with Crippen LogP contribution in [0, 0.1) is 10.1 Å². The molecule has 7 heteroatoms. The largest absolute Gasteiger partial charge is 0.355 e. The second-order valence-electron chi connectivity index (χ2n) is 4.40. The van der Waals surface area contributed by atoms with E-state index < -0.39 is 16.0 Å². The van der Waals surface area contributed by atoms with Crippen molar-refractivity contribution >= 4 is 28.6 Å². The van der Waals surface area contributed by atoms with Gasteiger partial charge in [0.25, 0.3) is 5.43 Å². The van der Waals surface area contributed by atoms with Crippen LogP contribution in [0.3, 0.4) is 0 Å². The van der Waals surface area contributed by atoms with Crippen molar-refractivity contribution in [1.82, 2.24) is 10.3 Å². The minimum Gasteiger partial charge on any atom is -0.355 e. The van der Waals surface area contributed by atoms with Gasteiger partial charge in [0, 0.05) is 19.0 Å². The predicted octanol–water partition coefficient (Wildman–Crippen LogP) is 1.59. The van der Waals surface area contributed by atoms with Crippen LogP contribution < -0.4 is 10.7 Å². The monoisotopic (exact) mass is 287 g/mol. The van der Waals surface area contributed by atoms with Crippen LogP contribution in [0.2, 0.25) is 0 Å². The second kappa shape index (κ2) is 6.00. The molecule has 1 aromatic carbocycles. The fraction of sp³-hybridized carbons (Fsp3) is 0.143. The third kappa shape index (κ3) is 3.33. The van der Waals surface area contributed by atoms with Crippen molar-refractivity contribution in [2.24, 2.45) is 0 Å². The Morgan fingerprint density at radius 3 is 2.90 bits per heavy atom. The summed E-state index contributed by atoms with van der Waals surface area (Å²) in [5, 5.41) is 13.6. The van der Waals surface area contributed by atoms with Gasteiger partial charge >= 0.3 is 5.69 Å². The zero-order valence-corrected chi connectivity index (χ0v) is 11.3. The molecule has 0 fully saturated rings. The molecule has 0 aliphatic carbocycles. The van der Waals surface area contributed by atoms with Crippen LogP contribution in [0.4, 0.5) is 5.69 Å². The molecule has 7 nitrogen and oxygen atoms in total. The van der Waals surface area contributed by atoms with Gasteiger partial charge in [-0.1, -0.05) is 18.2 Å². The molecule has 0 saturated heterocycles. The third-order valence-corrected chi connectivity index (χ3v) is 2.86. The van der Waals surface area contributed by atoms with Gasteiger partial charge in [0.05, 0.1) is 16.5 Å². The first-order chi connectivity index (χ1) is 9.99. The second-order valence-corrected chi connectivity index (χ2v) is 4.40. The molecule has 0 bridgehead atoms. The summed E-state index contributed by atoms with van der Waals surface area (Å²) in [5.41, 5.74) is 0.149. The van der Waals surface area contributed by atoms with Crippen LogP contribution >= 0.6 is 0 Å². The number of hydrogen-bond acceptors (Lipinski definition) is 4. The van der Waals surface area contributed by atoms with E-state index in [4.69, 9.17) is 0 Å². The maximum absolute atomic E-state index is 12.0. The van der Waals surface area contributed by atoms with Gasteiger partial charge in [0.15, 0.2) is 0 Å². The Bertz CT molecular complexity index is 792. The summed E-state index contributed by atoms with van der Waals surface area (Å²) in [6.07, 6.45) is 4.55. The van der Waals surface area contributed by atoms with Crippen LogP contribution in [0.1, 0.15) is 12.5 Å². The summed E-state index contributed by atoms with van der Waals surface area (Å²) in [5.74, 6) is -0.134. The smallest absolute Gasteiger partial charge is 0.332 e. The Labute approximate surface area is 119 Å². The molecule has 1 amide bonds. The number of carbonyl (C=O) groups is 1. The van der Waals surface area contributed by atoms with Crippen LogP contribution in [-0.2, 0) is 4.79 Å². The quantitative estimate of drug-likeness (QED) is 0.658. The molecule has 0 aliphatic rings. The lowest BCUT2D eigenvalue weighted by Crippen LogP contribution is -2.19. The lowest BCUT2D eigenvalue weighted by molar-refractivity contribution is -0.386. The lowest BCUT2D eigenvalue weighted by atomic mass is 10.1. The average molecular weight is 287 g/mol. The maximum atomic E-state index is 12.0. The van der Waals surface area contributed by atoms with Crippen molar-refractivity contribution in [3.05, 3.63) is 56.4 Å². The number of aromatic nitrogens is 1. The number of amides is 1. The molecule has 0 radical (unpaired) electrons. The van der Waals surface area contributed by atoms with E-state index in [0.717, 1.165) is 11.8 Å². The van der Waals surface area contributed by atoms with E-state index in [2.05, 4.69) is 10.3 Å². The van der Waals surface area contributed by atoms with Crippen LogP contribution in [0.5, 0.6) is 0 Å². The molecule has 2 aromatic rings. The molecule has 2 N–H and O–H groups in total. The standard InChI is InChI=1S/C14H13N3O4/c1-9(18)15-6-2-3-10-4-5-12-11(7-10)14(19)13(8-16-12)17(20)21/h2-5,7-8H,6H2,1H3,(H,15,18)(H,16,19). The van der Waals surface area contributed by atoms with E-state index in [-0.39, 0.29) is 11.3 Å². The Kier molecular flexibility index (Phi) is 4.13. The summed E-state index contributed by atoms with van der Waals surface area (Å²) >= 11 is 0. The Morgan fingerprint density at radius 2 is 2.24 bits per heavy atom. The highest BCUT2D eigenvalue weighted by atomic mass is 16.6. The van der Waals surface area contributed by atoms with Gasteiger partial charge in [-0.2, -0.15) is 0 Å². The summed E-state index contributed by atoms with van der Waals surface area (Å²) in [6.45, 7) is 1.79. The number of nitrogens with zero attached hydrogens (tertiary/aromatic N) is 1. The predicted molar refractivity (Wildman–Crippen MR) is 78.9 cm³/mol. The van der Waals surface area contributed by atoms with Crippen LogP contribution in [0.25, 0.3) is 17.0 Å². The van der Waals surface area contributed by atoms with Gasteiger partial charge < -0.3 is 10.3 Å². The summed E-state index contributed by atoms with van der Waals surface area (Å²) in [7, 11) is 0. The zero-order chi connectivity index (χ0) is 15.4. The van der Waals surface area contributed by atoms with Crippen molar-refractivity contribution < 1.29 is 9.72 Å². The number of carbonyl (C=O) groups excluding carboxylic acids is 1. The Hall–Kier alpha value is -2.96. The van der Waals surface area contributed by atoms with E-state index in [9.17, 15) is 19.7 Å². The van der Waals surface area contributed by atoms with Crippen LogP contribution in [0.15, 0.2) is 35.3 Å². The minimum atomic E-state index is -0.711. The molecular formula is C14H13N3O4. The zero-order valence-electron chi connectivity index (χ0n) is 11.3. The molecule has 0 saturated carbocycles. The molecule has 108 valence electrons. The van der Waals surface area contributed by atoms with E-state index in [1.807, 2.05) is 0 Å². The molecule has 1 heterocycles. The summed E-state index contributed by atoms with van der Waals surface area (Å²) in [6, 6.07) is 5.03. The summed E-state index contributed by atoms with van der Waals surface area (Å²) < 4.78 is 0. The molecule has 0 atom stereocenters. The molecule has 0 unspecified atom stereocenters. The van der Waals surface area contributed by atoms with Crippen LogP contribution in [-0.4, -0.2) is 22.4 Å². The number of nitrogens with one attached hydrogen (secondary N) is 2. The van der Waals surface area contributed by atoms with E-state index in [1.165, 1.54) is 6.92 Å². The first-order valence-corrected chi connectivity index (χ1v) is 6.20. The van der Waals surface area contributed by atoms with Crippen molar-refractivity contribution in [1.29, 1.82) is 0 Å². The molecule has 0 aliphatic heterocycles. The van der Waals surface area contributed by atoms with Gasteiger partial charge in [-0.15, -0.1) is 0 Å². The highest BCUT2D eigenvalue weighted by molar-refractivity contribution is 5.82. The molecular weight excluding hydrogens is 274 g/mol. The topological polar surface area (TPSA) is 105 Å². The number of aromatic amines is 1. The van der Waals surface area contributed by atoms with E-state index in [1.54, 1.807) is 30.4 Å². The average Bonchev–Trinajstić information content (AvgIpc) is 2.44. The molecule has 2 rings (SSSR count). The number of pyridine rings is 1. The highest BCUT2D eigenvalue weighted by Gasteiger charge is 2.14. The maximum Gasteiger partial charge on any atom is 0.332 e. The lowest BCUT2D eigenvalue weighted by Gasteiger charge is -2.00. The number of fused-ring (bicyclic) bond motifs is 1. The first kappa shape index (κ1) is 14.4. The third-order valence-electron chi connectivity index (χ3n) is 2.86. The van der Waals surface area contributed by atoms with Gasteiger partial charge in [0.2, 0.25) is 5.91 Å². The number of hydrogen-bond donors (Lipinski definition) is 2. The Balaban J connectivity index is 2.36. The SMILES string of the molecule is CC(=O)NCC=Cc1ccc2[nH]cc([N+](=O)[O-])c(=O)c2c1. The number of nitro groups is 1. The van der Waals surface area contributed by atoms with Gasteiger partial charge in [0.1, 0.15) is 0 Å². The first-order valence-electron chi connectivity index (χ1n) is 6.20. The van der Waals surface area contributed by atoms with Crippen molar-refractivity contribution in [2.75, 3.05) is 6.54 Å². The fourth-order valence-corrected chi connectivity index (χ4v) is 1.86. The minimum absolute atomic E-state index is 0.134. The van der Waals surface area contributed by atoms with E-state index in [0.29, 0.717) is 12.1 Å². The summed E-state index contributed by atoms with van der Waals surface area (Å²) in [4.78, 5) is 35.5. The highest BCUT2D eigenvalue weighted by Crippen LogP contribution is 2.14. The van der Waals surface area contributed by atoms with Crippen molar-refractivity contribution in [3.63, 3.8) is 0 Å². The Morgan fingerprint density at radius 1 is 1.48 bits per heavy atom.